The molecule has 23 heavy (non-hydrogen) atoms. The quantitative estimate of drug-likeness (QED) is 0.495. The van der Waals surface area contributed by atoms with Gasteiger partial charge < -0.3 is 4.52 Å². The average molecular weight is 314 g/mol. The van der Waals surface area contributed by atoms with Crippen molar-refractivity contribution in [1.29, 1.82) is 0 Å². The minimum absolute atomic E-state index is 0.0688. The number of hydrogen-bond donors (Lipinski definition) is 0. The van der Waals surface area contributed by atoms with Gasteiger partial charge in [-0.2, -0.15) is 5.10 Å². The summed E-state index contributed by atoms with van der Waals surface area (Å²) in [5, 5.41) is 7.80. The van der Waals surface area contributed by atoms with Gasteiger partial charge >= 0.3 is 0 Å². The summed E-state index contributed by atoms with van der Waals surface area (Å²) in [6.07, 6.45) is 5.09. The van der Waals surface area contributed by atoms with E-state index in [9.17, 15) is 9.18 Å². The average Bonchev–Trinajstić information content (AvgIpc) is 3.24. The SMILES string of the molecule is O=C(CCCCn1cncn1)c1cc(-c2ccc(F)cc2)on1. The molecule has 0 bridgehead atoms. The summed E-state index contributed by atoms with van der Waals surface area (Å²) >= 11 is 0. The highest BCUT2D eigenvalue weighted by molar-refractivity contribution is 5.94. The van der Waals surface area contributed by atoms with Crippen molar-refractivity contribution >= 4 is 5.78 Å². The Kier molecular flexibility index (Phi) is 4.56. The normalized spacial score (nSPS) is 10.8. The number of unbranched alkanes of at least 4 members (excludes halogenated alkanes) is 1. The molecule has 2 heterocycles. The third-order valence-corrected chi connectivity index (χ3v) is 3.43. The van der Waals surface area contributed by atoms with E-state index in [0.29, 0.717) is 23.4 Å². The zero-order valence-corrected chi connectivity index (χ0v) is 12.4. The summed E-state index contributed by atoms with van der Waals surface area (Å²) in [5.41, 5.74) is 0.981. The third-order valence-electron chi connectivity index (χ3n) is 3.43. The smallest absolute Gasteiger partial charge is 0.184 e. The van der Waals surface area contributed by atoms with Crippen LogP contribution in [0.5, 0.6) is 0 Å². The fourth-order valence-electron chi connectivity index (χ4n) is 2.19. The Morgan fingerprint density at radius 2 is 2.04 bits per heavy atom. The van der Waals surface area contributed by atoms with E-state index in [1.54, 1.807) is 29.2 Å². The van der Waals surface area contributed by atoms with Gasteiger partial charge in [-0.1, -0.05) is 5.16 Å². The van der Waals surface area contributed by atoms with Crippen molar-refractivity contribution in [3.8, 4) is 11.3 Å². The Hall–Kier alpha value is -2.83. The van der Waals surface area contributed by atoms with Crippen LogP contribution in [0.2, 0.25) is 0 Å². The van der Waals surface area contributed by atoms with Gasteiger partial charge in [0.1, 0.15) is 24.2 Å². The molecule has 0 radical (unpaired) electrons. The summed E-state index contributed by atoms with van der Waals surface area (Å²) in [6, 6.07) is 7.43. The van der Waals surface area contributed by atoms with Gasteiger partial charge in [0.25, 0.3) is 0 Å². The molecule has 0 amide bonds. The van der Waals surface area contributed by atoms with Gasteiger partial charge in [0.15, 0.2) is 11.5 Å². The highest BCUT2D eigenvalue weighted by Crippen LogP contribution is 2.21. The Morgan fingerprint density at radius 1 is 1.22 bits per heavy atom. The number of benzene rings is 1. The van der Waals surface area contributed by atoms with Gasteiger partial charge in [0.2, 0.25) is 0 Å². The first kappa shape index (κ1) is 15.1. The first-order valence-corrected chi connectivity index (χ1v) is 7.30. The summed E-state index contributed by atoms with van der Waals surface area (Å²) in [4.78, 5) is 15.9. The fraction of sp³-hybridized carbons (Fsp3) is 0.250. The third kappa shape index (κ3) is 3.88. The van der Waals surface area contributed by atoms with E-state index in [1.807, 2.05) is 0 Å². The molecule has 3 aromatic rings. The first-order valence-electron chi connectivity index (χ1n) is 7.30. The summed E-state index contributed by atoms with van der Waals surface area (Å²) in [7, 11) is 0. The van der Waals surface area contributed by atoms with Crippen LogP contribution in [0.15, 0.2) is 47.5 Å². The number of halogens is 1. The molecule has 7 heteroatoms. The number of nitrogens with zero attached hydrogens (tertiary/aromatic N) is 4. The molecule has 0 fully saturated rings. The Balaban J connectivity index is 1.52. The van der Waals surface area contributed by atoms with Crippen molar-refractivity contribution in [2.45, 2.75) is 25.8 Å². The maximum absolute atomic E-state index is 12.9. The summed E-state index contributed by atoms with van der Waals surface area (Å²) < 4.78 is 19.8. The molecule has 0 aliphatic carbocycles. The van der Waals surface area contributed by atoms with Crippen molar-refractivity contribution in [3.05, 3.63) is 54.5 Å². The molecule has 0 spiro atoms. The van der Waals surface area contributed by atoms with Crippen LogP contribution in [0.25, 0.3) is 11.3 Å². The van der Waals surface area contributed by atoms with Crippen LogP contribution in [0, 0.1) is 5.82 Å². The van der Waals surface area contributed by atoms with Crippen molar-refractivity contribution in [3.63, 3.8) is 0 Å². The molecule has 0 saturated heterocycles. The monoisotopic (exact) mass is 314 g/mol. The van der Waals surface area contributed by atoms with E-state index in [0.717, 1.165) is 19.4 Å². The Labute approximate surface area is 131 Å². The van der Waals surface area contributed by atoms with Gasteiger partial charge in [-0.15, -0.1) is 0 Å². The molecule has 6 nitrogen and oxygen atoms in total. The predicted octanol–water partition coefficient (Wildman–Crippen LogP) is 3.13. The molecule has 1 aromatic carbocycles. The van der Waals surface area contributed by atoms with E-state index in [1.165, 1.54) is 18.5 Å². The van der Waals surface area contributed by atoms with E-state index in [2.05, 4.69) is 15.2 Å². The highest BCUT2D eigenvalue weighted by Gasteiger charge is 2.13. The van der Waals surface area contributed by atoms with Crippen molar-refractivity contribution in [2.24, 2.45) is 0 Å². The lowest BCUT2D eigenvalue weighted by molar-refractivity contribution is 0.0970. The van der Waals surface area contributed by atoms with Crippen LogP contribution in [-0.2, 0) is 6.54 Å². The number of carbonyl (C=O) groups excluding carboxylic acids is 1. The van der Waals surface area contributed by atoms with Gasteiger partial charge in [0, 0.05) is 24.6 Å². The van der Waals surface area contributed by atoms with E-state index in [-0.39, 0.29) is 11.6 Å². The second-order valence-electron chi connectivity index (χ2n) is 5.12. The highest BCUT2D eigenvalue weighted by atomic mass is 19.1. The van der Waals surface area contributed by atoms with Gasteiger partial charge in [-0.3, -0.25) is 9.48 Å². The molecule has 0 saturated carbocycles. The lowest BCUT2D eigenvalue weighted by Gasteiger charge is -1.99. The Bertz CT molecular complexity index is 766. The lowest BCUT2D eigenvalue weighted by Crippen LogP contribution is -2.02. The van der Waals surface area contributed by atoms with Crippen LogP contribution >= 0.6 is 0 Å². The van der Waals surface area contributed by atoms with Gasteiger partial charge in [-0.25, -0.2) is 9.37 Å². The molecule has 0 N–H and O–H groups in total. The summed E-state index contributed by atoms with van der Waals surface area (Å²) in [5.74, 6) is 0.0635. The maximum Gasteiger partial charge on any atom is 0.184 e. The fourth-order valence-corrected chi connectivity index (χ4v) is 2.19. The van der Waals surface area contributed by atoms with Crippen molar-refractivity contribution in [1.82, 2.24) is 19.9 Å². The van der Waals surface area contributed by atoms with Gasteiger partial charge in [-0.05, 0) is 37.1 Å². The molecule has 2 aromatic heterocycles. The van der Waals surface area contributed by atoms with E-state index in [4.69, 9.17) is 4.52 Å². The zero-order chi connectivity index (χ0) is 16.1. The number of ketones is 1. The first-order chi connectivity index (χ1) is 11.2. The number of rotatable bonds is 7. The van der Waals surface area contributed by atoms with Crippen LogP contribution < -0.4 is 0 Å². The largest absolute Gasteiger partial charge is 0.356 e. The van der Waals surface area contributed by atoms with Gasteiger partial charge in [0.05, 0.1) is 0 Å². The van der Waals surface area contributed by atoms with Crippen LogP contribution in [0.3, 0.4) is 0 Å². The van der Waals surface area contributed by atoms with Crippen molar-refractivity contribution < 1.29 is 13.7 Å². The number of Topliss-reactive ketones (excluding diaryl/α,β-unsaturated/α-hetero) is 1. The number of aromatic nitrogens is 4. The van der Waals surface area contributed by atoms with Crippen LogP contribution in [0.4, 0.5) is 4.39 Å². The molecular weight excluding hydrogens is 299 g/mol. The second kappa shape index (κ2) is 6.95. The number of hydrogen-bond acceptors (Lipinski definition) is 5. The van der Waals surface area contributed by atoms with Crippen LogP contribution in [-0.4, -0.2) is 25.7 Å². The predicted molar refractivity (Wildman–Crippen MR) is 80.1 cm³/mol. The van der Waals surface area contributed by atoms with Crippen molar-refractivity contribution in [2.75, 3.05) is 0 Å². The molecule has 3 rings (SSSR count). The Morgan fingerprint density at radius 3 is 2.78 bits per heavy atom. The lowest BCUT2D eigenvalue weighted by atomic mass is 10.1. The maximum atomic E-state index is 12.9. The van der Waals surface area contributed by atoms with E-state index < -0.39 is 0 Å². The molecule has 0 unspecified atom stereocenters. The number of carbonyl (C=O) groups is 1. The topological polar surface area (TPSA) is 73.8 Å². The zero-order valence-electron chi connectivity index (χ0n) is 12.4. The van der Waals surface area contributed by atoms with E-state index >= 15 is 0 Å². The molecule has 0 aliphatic rings. The molecule has 0 aliphatic heterocycles. The molecule has 0 atom stereocenters. The molecule has 118 valence electrons. The molecular formula is C16H15FN4O2. The standard InChI is InChI=1S/C16H15FN4O2/c17-13-6-4-12(5-7-13)16-9-14(20-23-16)15(22)3-1-2-8-21-11-18-10-19-21/h4-7,9-11H,1-3,8H2. The minimum Gasteiger partial charge on any atom is -0.356 e. The number of aryl methyl sites for hydroxylation is 1. The summed E-state index contributed by atoms with van der Waals surface area (Å²) in [6.45, 7) is 0.729. The van der Waals surface area contributed by atoms with Crippen LogP contribution in [0.1, 0.15) is 29.8 Å². The second-order valence-corrected chi connectivity index (χ2v) is 5.12. The minimum atomic E-state index is -0.322.